The number of amides is 1. The highest BCUT2D eigenvalue weighted by molar-refractivity contribution is 7.99. The van der Waals surface area contributed by atoms with E-state index in [9.17, 15) is 4.79 Å². The van der Waals surface area contributed by atoms with Crippen molar-refractivity contribution < 1.29 is 27.0 Å². The van der Waals surface area contributed by atoms with Gasteiger partial charge in [0.15, 0.2) is 0 Å². The lowest BCUT2D eigenvalue weighted by atomic mass is 9.78. The molecule has 0 aromatic heterocycles. The second kappa shape index (κ2) is 14.5. The highest BCUT2D eigenvalue weighted by Gasteiger charge is 2.43. The average molecular weight is 562 g/mol. The number of carbonyl (C=O) groups excluding carboxylic acids is 1. The summed E-state index contributed by atoms with van der Waals surface area (Å²) in [5.74, 6) is 5.93. The van der Waals surface area contributed by atoms with Crippen LogP contribution in [0.3, 0.4) is 0 Å². The van der Waals surface area contributed by atoms with E-state index in [0.29, 0.717) is 0 Å². The van der Waals surface area contributed by atoms with E-state index in [4.69, 9.17) is 13.3 Å². The van der Waals surface area contributed by atoms with Crippen molar-refractivity contribution in [1.82, 2.24) is 4.90 Å². The van der Waals surface area contributed by atoms with Gasteiger partial charge in [-0.15, -0.1) is 0 Å². The molecule has 0 aromatic rings. The van der Waals surface area contributed by atoms with Gasteiger partial charge in [0.25, 0.3) is 0 Å². The number of thioether (sulfide) groups is 1. The van der Waals surface area contributed by atoms with Gasteiger partial charge in [0, 0.05) is 76.8 Å². The minimum atomic E-state index is -2.45. The molecule has 7 nitrogen and oxygen atoms in total. The van der Waals surface area contributed by atoms with Gasteiger partial charge < -0.3 is 27.1 Å². The number of piperidine rings is 1. The Kier molecular flexibility index (Phi) is 12.9. The summed E-state index contributed by atoms with van der Waals surface area (Å²) < 4.78 is 19.0. The zero-order valence-electron chi connectivity index (χ0n) is 25.8. The van der Waals surface area contributed by atoms with Crippen molar-refractivity contribution in [2.45, 2.75) is 45.1 Å². The number of rotatable bonds is 15. The van der Waals surface area contributed by atoms with Gasteiger partial charge in [-0.1, -0.05) is 6.92 Å². The molecule has 2 aliphatic rings. The fraction of sp³-hybridized carbons (Fsp3) is 0.964. The monoisotopic (exact) mass is 561 g/mol. The van der Waals surface area contributed by atoms with Crippen LogP contribution in [0.5, 0.6) is 0 Å². The molecule has 5 unspecified atom stereocenters. The first kappa shape index (κ1) is 33.0. The van der Waals surface area contributed by atoms with E-state index in [1.807, 2.05) is 14.1 Å². The first-order valence-corrected chi connectivity index (χ1v) is 17.4. The zero-order valence-corrected chi connectivity index (χ0v) is 27.6. The lowest BCUT2D eigenvalue weighted by Crippen LogP contribution is -2.51. The Morgan fingerprint density at radius 3 is 2.11 bits per heavy atom. The number of nitrogens with zero attached hydrogens (tertiary/aromatic N) is 3. The van der Waals surface area contributed by atoms with Gasteiger partial charge in [0.1, 0.15) is 0 Å². The molecule has 2 saturated heterocycles. The van der Waals surface area contributed by atoms with Crippen LogP contribution in [0.4, 0.5) is 0 Å². The number of likely N-dealkylation sites (tertiary alicyclic amines) is 2. The van der Waals surface area contributed by atoms with E-state index in [1.165, 1.54) is 51.2 Å². The molecule has 1 amide bonds. The Hall–Kier alpha value is -0.163. The molecule has 0 N–H and O–H groups in total. The van der Waals surface area contributed by atoms with Crippen LogP contribution in [0.1, 0.15) is 39.0 Å². The van der Waals surface area contributed by atoms with Crippen molar-refractivity contribution in [2.24, 2.45) is 29.6 Å². The largest absolute Gasteiger partial charge is 0.500 e. The third-order valence-electron chi connectivity index (χ3n) is 8.84. The van der Waals surface area contributed by atoms with Crippen molar-refractivity contribution in [2.75, 3.05) is 101 Å². The Morgan fingerprint density at radius 2 is 1.51 bits per heavy atom. The summed E-state index contributed by atoms with van der Waals surface area (Å²) >= 11 is 2.11. The van der Waals surface area contributed by atoms with Crippen molar-refractivity contribution in [1.29, 1.82) is 0 Å². The van der Waals surface area contributed by atoms with Crippen LogP contribution in [0.2, 0.25) is 6.04 Å². The topological polar surface area (TPSA) is 48.0 Å². The molecule has 37 heavy (non-hydrogen) atoms. The summed E-state index contributed by atoms with van der Waals surface area (Å²) in [7, 11) is 16.1. The minimum absolute atomic E-state index is 0.129. The van der Waals surface area contributed by atoms with Crippen LogP contribution in [0.15, 0.2) is 0 Å². The molecule has 0 aromatic carbocycles. The second-order valence-electron chi connectivity index (χ2n) is 13.5. The summed E-state index contributed by atoms with van der Waals surface area (Å²) in [6.45, 7) is 7.25. The summed E-state index contributed by atoms with van der Waals surface area (Å²) in [5.41, 5.74) is 0. The molecule has 0 radical (unpaired) electrons. The lowest BCUT2D eigenvalue weighted by Gasteiger charge is -2.43. The van der Waals surface area contributed by atoms with Crippen LogP contribution >= 0.6 is 11.8 Å². The number of carbonyl (C=O) groups is 1. The van der Waals surface area contributed by atoms with E-state index in [2.05, 4.69) is 46.9 Å². The summed E-state index contributed by atoms with van der Waals surface area (Å²) in [5, 5.41) is 0. The molecule has 2 rings (SSSR count). The maximum atomic E-state index is 12.4. The van der Waals surface area contributed by atoms with Gasteiger partial charge in [-0.05, 0) is 37.9 Å². The molecule has 0 bridgehead atoms. The number of hydrogen-bond donors (Lipinski definition) is 0. The molecule has 9 heteroatoms. The molecule has 0 spiro atoms. The van der Waals surface area contributed by atoms with Gasteiger partial charge in [0.2, 0.25) is 5.91 Å². The van der Waals surface area contributed by atoms with Crippen LogP contribution in [0.25, 0.3) is 0 Å². The SMILES string of the molecule is CO[Si](CCCSCC1C[N+](C)(C)CC1CC1CC(CCC(C)C(=O)N(C)C)C[N+](C)(C)C1)(OC)OC. The maximum Gasteiger partial charge on any atom is 0.500 e. The van der Waals surface area contributed by atoms with Gasteiger partial charge in [0.05, 0.1) is 54.4 Å². The average Bonchev–Trinajstić information content (AvgIpc) is 3.11. The molecule has 5 atom stereocenters. The molecule has 0 aliphatic carbocycles. The van der Waals surface area contributed by atoms with Crippen LogP contribution in [-0.4, -0.2) is 130 Å². The van der Waals surface area contributed by atoms with Crippen molar-refractivity contribution >= 4 is 26.5 Å². The molecular weight excluding hydrogens is 502 g/mol. The maximum absolute atomic E-state index is 12.4. The molecular formula is C28H59N3O4SSi+2. The first-order valence-electron chi connectivity index (χ1n) is 14.3. The lowest BCUT2D eigenvalue weighted by molar-refractivity contribution is -0.903. The van der Waals surface area contributed by atoms with Gasteiger partial charge in [-0.25, -0.2) is 0 Å². The summed E-state index contributed by atoms with van der Waals surface area (Å²) in [6, 6.07) is 0.883. The van der Waals surface area contributed by atoms with E-state index in [-0.39, 0.29) is 11.8 Å². The van der Waals surface area contributed by atoms with Gasteiger partial charge in [-0.3, -0.25) is 4.79 Å². The van der Waals surface area contributed by atoms with Crippen LogP contribution in [0, 0.1) is 29.6 Å². The molecule has 2 aliphatic heterocycles. The number of quaternary nitrogens is 2. The standard InChI is InChI=1S/C28H59N3O4SSi/c1-23(28(32)29(2)3)12-13-24-16-25(19-30(4,5)18-24)17-26-20-31(6,7)21-27(26)22-36-14-11-15-37(33-8,34-9)35-10/h23-27H,11-22H2,1-10H3/q+2. The zero-order chi connectivity index (χ0) is 27.9. The van der Waals surface area contributed by atoms with E-state index in [0.717, 1.165) is 57.3 Å². The third-order valence-corrected chi connectivity index (χ3v) is 12.9. The van der Waals surface area contributed by atoms with E-state index < -0.39 is 8.80 Å². The van der Waals surface area contributed by atoms with Crippen molar-refractivity contribution in [3.8, 4) is 0 Å². The predicted molar refractivity (Wildman–Crippen MR) is 158 cm³/mol. The molecule has 0 saturated carbocycles. The fourth-order valence-corrected chi connectivity index (χ4v) is 10.4. The molecule has 2 heterocycles. The van der Waals surface area contributed by atoms with Crippen LogP contribution in [-0.2, 0) is 18.1 Å². The van der Waals surface area contributed by atoms with Crippen LogP contribution < -0.4 is 0 Å². The van der Waals surface area contributed by atoms with E-state index >= 15 is 0 Å². The Morgan fingerprint density at radius 1 is 0.946 bits per heavy atom. The Bertz CT molecular complexity index is 697. The molecule has 218 valence electrons. The quantitative estimate of drug-likeness (QED) is 0.172. The predicted octanol–water partition coefficient (Wildman–Crippen LogP) is 3.92. The van der Waals surface area contributed by atoms with E-state index in [1.54, 1.807) is 26.2 Å². The number of hydrogen-bond acceptors (Lipinski definition) is 5. The van der Waals surface area contributed by atoms with Crippen molar-refractivity contribution in [3.63, 3.8) is 0 Å². The van der Waals surface area contributed by atoms with Gasteiger partial charge >= 0.3 is 8.80 Å². The Labute approximate surface area is 234 Å². The van der Waals surface area contributed by atoms with Gasteiger partial charge in [-0.2, -0.15) is 11.8 Å². The normalized spacial score (nSPS) is 28.3. The van der Waals surface area contributed by atoms with Crippen molar-refractivity contribution in [3.05, 3.63) is 0 Å². The minimum Gasteiger partial charge on any atom is -0.377 e. The third kappa shape index (κ3) is 10.4. The molecule has 2 fully saturated rings. The highest BCUT2D eigenvalue weighted by atomic mass is 32.2. The smallest absolute Gasteiger partial charge is 0.377 e. The fourth-order valence-electron chi connectivity index (χ4n) is 7.23. The highest BCUT2D eigenvalue weighted by Crippen LogP contribution is 2.39. The first-order chi connectivity index (χ1) is 17.2. The summed E-state index contributed by atoms with van der Waals surface area (Å²) in [6.07, 6.45) is 5.98. The Balaban J connectivity index is 1.89. The summed E-state index contributed by atoms with van der Waals surface area (Å²) in [4.78, 5) is 14.1. The second-order valence-corrected chi connectivity index (χ2v) is 17.8.